The second kappa shape index (κ2) is 9.14. The summed E-state index contributed by atoms with van der Waals surface area (Å²) in [6.45, 7) is 0.682. The van der Waals surface area contributed by atoms with Gasteiger partial charge in [-0.05, 0) is 58.6 Å². The maximum Gasteiger partial charge on any atom is 0.220 e. The van der Waals surface area contributed by atoms with Crippen LogP contribution in [0, 0.1) is 0 Å². The van der Waals surface area contributed by atoms with Crippen molar-refractivity contribution in [3.05, 3.63) is 57.5 Å². The molecule has 0 atom stereocenters. The average Bonchev–Trinajstić information content (AvgIpc) is 3.06. The molecule has 0 unspecified atom stereocenters. The van der Waals surface area contributed by atoms with E-state index in [1.807, 2.05) is 36.4 Å². The van der Waals surface area contributed by atoms with Gasteiger partial charge in [-0.15, -0.1) is 11.3 Å². The maximum atomic E-state index is 12.0. The molecule has 0 aliphatic rings. The number of nitrogens with zero attached hydrogens (tertiary/aromatic N) is 1. The van der Waals surface area contributed by atoms with Crippen molar-refractivity contribution in [2.75, 3.05) is 13.7 Å². The molecule has 0 radical (unpaired) electrons. The lowest BCUT2D eigenvalue weighted by Crippen LogP contribution is -2.24. The largest absolute Gasteiger partial charge is 0.496 e. The summed E-state index contributed by atoms with van der Waals surface area (Å²) in [6.07, 6.45) is 3.00. The molecule has 4 nitrogen and oxygen atoms in total. The molecule has 0 saturated carbocycles. The summed E-state index contributed by atoms with van der Waals surface area (Å²) >= 11 is 5.20. The fraction of sp³-hybridized carbons (Fsp3) is 0.300. The standard InChI is InChI=1S/C20H21BrN2O2S/c1-25-17-10-8-14(13-15(17)21)9-11-19(24)22-12-4-7-20-23-16-5-2-3-6-18(16)26-20/h2-3,5-6,8,10,13H,4,7,9,11-12H2,1H3,(H,22,24). The number of aryl methyl sites for hydroxylation is 2. The van der Waals surface area contributed by atoms with E-state index in [4.69, 9.17) is 4.74 Å². The van der Waals surface area contributed by atoms with Crippen molar-refractivity contribution in [3.63, 3.8) is 0 Å². The van der Waals surface area contributed by atoms with Crippen LogP contribution in [-0.4, -0.2) is 24.5 Å². The van der Waals surface area contributed by atoms with Gasteiger partial charge >= 0.3 is 0 Å². The molecule has 0 fully saturated rings. The van der Waals surface area contributed by atoms with E-state index >= 15 is 0 Å². The van der Waals surface area contributed by atoms with Crippen molar-refractivity contribution in [1.82, 2.24) is 10.3 Å². The Morgan fingerprint density at radius 2 is 2.08 bits per heavy atom. The molecule has 2 aromatic carbocycles. The number of hydrogen-bond donors (Lipinski definition) is 1. The maximum absolute atomic E-state index is 12.0. The van der Waals surface area contributed by atoms with Crippen LogP contribution in [0.5, 0.6) is 5.75 Å². The van der Waals surface area contributed by atoms with Gasteiger partial charge in [-0.3, -0.25) is 4.79 Å². The zero-order valence-electron chi connectivity index (χ0n) is 14.6. The topological polar surface area (TPSA) is 51.2 Å². The predicted molar refractivity (Wildman–Crippen MR) is 110 cm³/mol. The van der Waals surface area contributed by atoms with E-state index in [1.165, 1.54) is 4.70 Å². The quantitative estimate of drug-likeness (QED) is 0.522. The lowest BCUT2D eigenvalue weighted by atomic mass is 10.1. The Morgan fingerprint density at radius 3 is 2.85 bits per heavy atom. The minimum absolute atomic E-state index is 0.0845. The van der Waals surface area contributed by atoms with Crippen LogP contribution in [0.1, 0.15) is 23.4 Å². The van der Waals surface area contributed by atoms with Crippen molar-refractivity contribution in [2.24, 2.45) is 0 Å². The highest BCUT2D eigenvalue weighted by Gasteiger charge is 2.06. The van der Waals surface area contributed by atoms with E-state index in [2.05, 4.69) is 32.3 Å². The number of rotatable bonds is 8. The van der Waals surface area contributed by atoms with E-state index < -0.39 is 0 Å². The monoisotopic (exact) mass is 432 g/mol. The Bertz CT molecular complexity index is 861. The van der Waals surface area contributed by atoms with Crippen LogP contribution in [0.25, 0.3) is 10.2 Å². The van der Waals surface area contributed by atoms with Gasteiger partial charge in [0.25, 0.3) is 0 Å². The molecule has 26 heavy (non-hydrogen) atoms. The first-order valence-corrected chi connectivity index (χ1v) is 10.2. The van der Waals surface area contributed by atoms with Crippen molar-refractivity contribution in [1.29, 1.82) is 0 Å². The first kappa shape index (κ1) is 18.9. The molecule has 6 heteroatoms. The van der Waals surface area contributed by atoms with Crippen LogP contribution in [0.15, 0.2) is 46.9 Å². The second-order valence-electron chi connectivity index (χ2n) is 6.00. The smallest absolute Gasteiger partial charge is 0.220 e. The third kappa shape index (κ3) is 5.05. The molecule has 1 amide bonds. The lowest BCUT2D eigenvalue weighted by molar-refractivity contribution is -0.121. The summed E-state index contributed by atoms with van der Waals surface area (Å²) in [6, 6.07) is 14.1. The van der Waals surface area contributed by atoms with Gasteiger partial charge in [-0.1, -0.05) is 18.2 Å². The van der Waals surface area contributed by atoms with Crippen molar-refractivity contribution < 1.29 is 9.53 Å². The number of hydrogen-bond acceptors (Lipinski definition) is 4. The van der Waals surface area contributed by atoms with Gasteiger partial charge in [0.05, 0.1) is 26.8 Å². The predicted octanol–water partition coefficient (Wildman–Crippen LogP) is 4.75. The number of thiazole rings is 1. The van der Waals surface area contributed by atoms with Gasteiger partial charge in [-0.2, -0.15) is 0 Å². The van der Waals surface area contributed by atoms with E-state index in [9.17, 15) is 4.79 Å². The van der Waals surface area contributed by atoms with Crippen molar-refractivity contribution in [3.8, 4) is 5.75 Å². The van der Waals surface area contributed by atoms with Gasteiger partial charge in [-0.25, -0.2) is 4.98 Å². The fourth-order valence-corrected chi connectivity index (χ4v) is 4.30. The zero-order chi connectivity index (χ0) is 18.4. The van der Waals surface area contributed by atoms with E-state index in [-0.39, 0.29) is 5.91 Å². The minimum Gasteiger partial charge on any atom is -0.496 e. The van der Waals surface area contributed by atoms with Gasteiger partial charge in [0.2, 0.25) is 5.91 Å². The lowest BCUT2D eigenvalue weighted by Gasteiger charge is -2.07. The van der Waals surface area contributed by atoms with Crippen molar-refractivity contribution in [2.45, 2.75) is 25.7 Å². The molecule has 0 spiro atoms. The van der Waals surface area contributed by atoms with Crippen molar-refractivity contribution >= 4 is 43.4 Å². The van der Waals surface area contributed by atoms with E-state index in [1.54, 1.807) is 18.4 Å². The average molecular weight is 433 g/mol. The Kier molecular flexibility index (Phi) is 6.63. The molecular weight excluding hydrogens is 412 g/mol. The normalized spacial score (nSPS) is 10.8. The molecule has 1 aromatic heterocycles. The highest BCUT2D eigenvalue weighted by atomic mass is 79.9. The number of fused-ring (bicyclic) bond motifs is 1. The third-order valence-electron chi connectivity index (χ3n) is 4.08. The number of carbonyl (C=O) groups is 1. The molecule has 3 aromatic rings. The summed E-state index contributed by atoms with van der Waals surface area (Å²) < 4.78 is 7.35. The molecule has 3 rings (SSSR count). The Balaban J connectivity index is 1.38. The number of halogens is 1. The Hall–Kier alpha value is -1.92. The molecular formula is C20H21BrN2O2S. The summed E-state index contributed by atoms with van der Waals surface area (Å²) in [5.74, 6) is 0.884. The van der Waals surface area contributed by atoms with Crippen LogP contribution in [0.3, 0.4) is 0 Å². The summed E-state index contributed by atoms with van der Waals surface area (Å²) in [5, 5.41) is 4.12. The van der Waals surface area contributed by atoms with E-state index in [0.29, 0.717) is 19.4 Å². The van der Waals surface area contributed by atoms with Crippen LogP contribution >= 0.6 is 27.3 Å². The third-order valence-corrected chi connectivity index (χ3v) is 5.80. The van der Waals surface area contributed by atoms with Gasteiger partial charge in [0, 0.05) is 19.4 Å². The molecule has 0 saturated heterocycles. The highest BCUT2D eigenvalue weighted by Crippen LogP contribution is 2.26. The summed E-state index contributed by atoms with van der Waals surface area (Å²) in [7, 11) is 1.64. The molecule has 1 N–H and O–H groups in total. The fourth-order valence-electron chi connectivity index (χ4n) is 2.71. The Morgan fingerprint density at radius 1 is 1.23 bits per heavy atom. The Labute approximate surface area is 165 Å². The summed E-state index contributed by atoms with van der Waals surface area (Å²) in [4.78, 5) is 16.6. The van der Waals surface area contributed by atoms with Crippen LogP contribution in [-0.2, 0) is 17.6 Å². The van der Waals surface area contributed by atoms with Crippen LogP contribution in [0.2, 0.25) is 0 Å². The number of carbonyl (C=O) groups excluding carboxylic acids is 1. The number of aromatic nitrogens is 1. The van der Waals surface area contributed by atoms with Crippen LogP contribution < -0.4 is 10.1 Å². The highest BCUT2D eigenvalue weighted by molar-refractivity contribution is 9.10. The van der Waals surface area contributed by atoms with Gasteiger partial charge < -0.3 is 10.1 Å². The summed E-state index contributed by atoms with van der Waals surface area (Å²) in [5.41, 5.74) is 2.17. The van der Waals surface area contributed by atoms with Crippen LogP contribution in [0.4, 0.5) is 0 Å². The zero-order valence-corrected chi connectivity index (χ0v) is 17.0. The molecule has 0 aliphatic carbocycles. The number of para-hydroxylation sites is 1. The first-order chi connectivity index (χ1) is 12.7. The van der Waals surface area contributed by atoms with Gasteiger partial charge in [0.15, 0.2) is 0 Å². The minimum atomic E-state index is 0.0845. The van der Waals surface area contributed by atoms with E-state index in [0.717, 1.165) is 39.2 Å². The molecule has 0 bridgehead atoms. The molecule has 1 heterocycles. The number of ether oxygens (including phenoxy) is 1. The second-order valence-corrected chi connectivity index (χ2v) is 7.97. The molecule has 0 aliphatic heterocycles. The molecule has 136 valence electrons. The number of methoxy groups -OCH3 is 1. The SMILES string of the molecule is COc1ccc(CCC(=O)NCCCc2nc3ccccc3s2)cc1Br. The number of amides is 1. The number of benzene rings is 2. The first-order valence-electron chi connectivity index (χ1n) is 8.59. The van der Waals surface area contributed by atoms with Gasteiger partial charge in [0.1, 0.15) is 5.75 Å². The number of nitrogens with one attached hydrogen (secondary N) is 1.